The Bertz CT molecular complexity index is 1510. The number of carbonyl (C=O) groups excluding carboxylic acids is 1. The molecule has 11 nitrogen and oxygen atoms in total. The second-order valence-electron chi connectivity index (χ2n) is 11.0. The molecule has 41 heavy (non-hydrogen) atoms. The molecule has 12 heteroatoms. The quantitative estimate of drug-likeness (QED) is 0.332. The molecule has 1 aromatic heterocycles. The third-order valence-corrected chi connectivity index (χ3v) is 9.41. The van der Waals surface area contributed by atoms with E-state index in [2.05, 4.69) is 15.3 Å². The minimum Gasteiger partial charge on any atom is -0.491 e. The smallest absolute Gasteiger partial charge is 0.278 e. The first-order chi connectivity index (χ1) is 19.3. The normalized spacial score (nSPS) is 21.4. The Hall–Kier alpha value is -3.58. The number of nitrogens with one attached hydrogen (secondary N) is 1. The van der Waals surface area contributed by atoms with Crippen LogP contribution < -0.4 is 21.5 Å². The highest BCUT2D eigenvalue weighted by atomic mass is 32.2. The van der Waals surface area contributed by atoms with E-state index < -0.39 is 26.1 Å². The maximum atomic E-state index is 13.5. The highest BCUT2D eigenvalue weighted by Gasteiger charge is 2.41. The Kier molecular flexibility index (Phi) is 8.97. The molecule has 0 saturated carbocycles. The Balaban J connectivity index is 1.73. The third-order valence-electron chi connectivity index (χ3n) is 6.92. The van der Waals surface area contributed by atoms with Crippen molar-refractivity contribution in [1.82, 2.24) is 9.97 Å². The van der Waals surface area contributed by atoms with Crippen LogP contribution in [-0.2, 0) is 21.1 Å². The number of para-hydroxylation sites is 1. The number of benzene rings is 2. The van der Waals surface area contributed by atoms with Crippen LogP contribution in [0.2, 0.25) is 0 Å². The first-order valence-corrected chi connectivity index (χ1v) is 14.9. The molecule has 4 bridgehead atoms. The van der Waals surface area contributed by atoms with Crippen molar-refractivity contribution in [3.8, 4) is 17.0 Å². The number of carbonyl (C=O) groups is 1. The van der Waals surface area contributed by atoms with Gasteiger partial charge in [-0.05, 0) is 58.2 Å². The Morgan fingerprint density at radius 1 is 1.07 bits per heavy atom. The van der Waals surface area contributed by atoms with Gasteiger partial charge in [0.05, 0.1) is 46.0 Å². The number of aliphatic hydroxyl groups is 1. The third kappa shape index (κ3) is 6.84. The van der Waals surface area contributed by atoms with E-state index >= 15 is 0 Å². The molecular weight excluding hydrogens is 546 g/mol. The number of anilines is 2. The number of sulfone groups is 1. The molecule has 0 aliphatic carbocycles. The number of nitrogens with zero attached hydrogens (tertiary/aromatic N) is 2. The molecule has 2 aliphatic heterocycles. The van der Waals surface area contributed by atoms with E-state index in [1.165, 1.54) is 18.3 Å². The van der Waals surface area contributed by atoms with E-state index in [1.54, 1.807) is 45.0 Å². The molecule has 0 spiro atoms. The highest BCUT2D eigenvalue weighted by Crippen LogP contribution is 2.34. The number of hydrogen-bond acceptors (Lipinski definition) is 10. The van der Waals surface area contributed by atoms with Gasteiger partial charge in [0.15, 0.2) is 21.3 Å². The van der Waals surface area contributed by atoms with Crippen molar-refractivity contribution in [3.63, 3.8) is 0 Å². The maximum absolute atomic E-state index is 13.5. The Morgan fingerprint density at radius 2 is 1.78 bits per heavy atom. The zero-order valence-electron chi connectivity index (χ0n) is 23.5. The summed E-state index contributed by atoms with van der Waals surface area (Å²) in [4.78, 5) is 22.0. The fraction of sp³-hybridized carbons (Fsp3) is 0.414. The lowest BCUT2D eigenvalue weighted by molar-refractivity contribution is -0.0444. The van der Waals surface area contributed by atoms with Gasteiger partial charge in [-0.1, -0.05) is 24.3 Å². The number of aromatic nitrogens is 2. The molecule has 2 aliphatic rings. The van der Waals surface area contributed by atoms with Crippen LogP contribution in [-0.4, -0.2) is 59.6 Å². The number of fused-ring (bicyclic) bond motifs is 13. The first-order valence-electron chi connectivity index (χ1n) is 13.4. The molecular formula is C29H37N5O6S. The fourth-order valence-electron chi connectivity index (χ4n) is 4.86. The van der Waals surface area contributed by atoms with Crippen molar-refractivity contribution in [1.29, 1.82) is 0 Å². The topological polar surface area (TPSA) is 180 Å². The zero-order chi connectivity index (χ0) is 29.8. The van der Waals surface area contributed by atoms with Crippen LogP contribution in [0.1, 0.15) is 56.1 Å². The lowest BCUT2D eigenvalue weighted by Crippen LogP contribution is -2.43. The molecule has 3 heterocycles. The summed E-state index contributed by atoms with van der Waals surface area (Å²) in [7, 11) is -3.83. The lowest BCUT2D eigenvalue weighted by atomic mass is 9.94. The van der Waals surface area contributed by atoms with Gasteiger partial charge in [0.1, 0.15) is 5.75 Å². The summed E-state index contributed by atoms with van der Waals surface area (Å²) in [5, 5.41) is 13.8. The van der Waals surface area contributed by atoms with Crippen molar-refractivity contribution in [3.05, 3.63) is 59.9 Å². The average Bonchev–Trinajstić information content (AvgIpc) is 2.92. The number of hydrogen-bond donors (Lipinski definition) is 4. The van der Waals surface area contributed by atoms with Crippen molar-refractivity contribution in [2.24, 2.45) is 5.73 Å². The van der Waals surface area contributed by atoms with Gasteiger partial charge in [0, 0.05) is 24.3 Å². The van der Waals surface area contributed by atoms with Gasteiger partial charge in [-0.3, -0.25) is 4.79 Å². The highest BCUT2D eigenvalue weighted by molar-refractivity contribution is 7.92. The van der Waals surface area contributed by atoms with E-state index in [0.717, 1.165) is 5.56 Å². The zero-order valence-corrected chi connectivity index (χ0v) is 24.3. The molecule has 1 amide bonds. The SMILES string of the molecule is CC1(C)C[C@](C)(O)COCCCCOc2c(CN)cccc2NC(=O)c2nc(cnc2N)-c2ccc(cc2)S1(=O)=O. The van der Waals surface area contributed by atoms with Gasteiger partial charge in [-0.2, -0.15) is 0 Å². The van der Waals surface area contributed by atoms with E-state index in [0.29, 0.717) is 48.7 Å². The van der Waals surface area contributed by atoms with Crippen LogP contribution in [0.4, 0.5) is 11.5 Å². The molecule has 0 fully saturated rings. The summed E-state index contributed by atoms with van der Waals surface area (Å²) in [6.45, 7) is 5.62. The van der Waals surface area contributed by atoms with Gasteiger partial charge in [-0.15, -0.1) is 0 Å². The predicted molar refractivity (Wildman–Crippen MR) is 156 cm³/mol. The van der Waals surface area contributed by atoms with E-state index in [9.17, 15) is 18.3 Å². The molecule has 5 rings (SSSR count). The van der Waals surface area contributed by atoms with Crippen LogP contribution in [0.3, 0.4) is 0 Å². The molecule has 1 atom stereocenters. The fourth-order valence-corrected chi connectivity index (χ4v) is 6.49. The van der Waals surface area contributed by atoms with Crippen LogP contribution in [0.15, 0.2) is 53.6 Å². The number of amides is 1. The minimum absolute atomic E-state index is 0.0178. The molecule has 3 aromatic rings. The molecule has 220 valence electrons. The second kappa shape index (κ2) is 12.1. The lowest BCUT2D eigenvalue weighted by Gasteiger charge is -2.33. The molecule has 0 radical (unpaired) electrons. The first kappa shape index (κ1) is 30.4. The Morgan fingerprint density at radius 3 is 2.49 bits per heavy atom. The summed E-state index contributed by atoms with van der Waals surface area (Å²) in [6, 6.07) is 11.4. The standard InChI is InChI=1S/C29H37N5O6S/c1-28(2)17-29(3,36)18-39-13-4-5-14-40-25-20(15-30)7-6-8-22(25)34-27(35)24-26(31)32-16-23(33-24)19-9-11-21(12-10-19)41(28,37)38/h6-12,16,36H,4-5,13-15,17-18,30H2,1-3H3,(H2,31,32)(H,34,35)/t29-/m0/s1. The van der Waals surface area contributed by atoms with Gasteiger partial charge < -0.3 is 31.4 Å². The average molecular weight is 584 g/mol. The van der Waals surface area contributed by atoms with Gasteiger partial charge >= 0.3 is 0 Å². The number of nitrogen functional groups attached to an aromatic ring is 1. The van der Waals surface area contributed by atoms with Crippen LogP contribution in [0, 0.1) is 0 Å². The van der Waals surface area contributed by atoms with Gasteiger partial charge in [-0.25, -0.2) is 18.4 Å². The summed E-state index contributed by atoms with van der Waals surface area (Å²) < 4.78 is 37.5. The number of rotatable bonds is 1. The van der Waals surface area contributed by atoms with Crippen LogP contribution in [0.25, 0.3) is 11.3 Å². The van der Waals surface area contributed by atoms with E-state index in [-0.39, 0.29) is 36.0 Å². The molecule has 0 saturated heterocycles. The molecule has 2 aromatic carbocycles. The van der Waals surface area contributed by atoms with Crippen molar-refractivity contribution in [2.45, 2.75) is 61.8 Å². The monoisotopic (exact) mass is 583 g/mol. The van der Waals surface area contributed by atoms with Gasteiger partial charge in [0.2, 0.25) is 0 Å². The second-order valence-corrected chi connectivity index (χ2v) is 13.6. The largest absolute Gasteiger partial charge is 0.491 e. The maximum Gasteiger partial charge on any atom is 0.278 e. The van der Waals surface area contributed by atoms with Crippen molar-refractivity contribution >= 4 is 27.2 Å². The summed E-state index contributed by atoms with van der Waals surface area (Å²) >= 11 is 0. The predicted octanol–water partition coefficient (Wildman–Crippen LogP) is 3.32. The number of nitrogens with two attached hydrogens (primary N) is 2. The van der Waals surface area contributed by atoms with E-state index in [1.807, 2.05) is 6.07 Å². The Labute approximate surface area is 240 Å². The van der Waals surface area contributed by atoms with E-state index in [4.69, 9.17) is 20.9 Å². The summed E-state index contributed by atoms with van der Waals surface area (Å²) in [6.07, 6.45) is 2.65. The molecule has 0 unspecified atom stereocenters. The number of ether oxygens (including phenoxy) is 2. The molecule has 6 N–H and O–H groups in total. The van der Waals surface area contributed by atoms with Gasteiger partial charge in [0.25, 0.3) is 5.91 Å². The van der Waals surface area contributed by atoms with Crippen LogP contribution in [0.5, 0.6) is 5.75 Å². The van der Waals surface area contributed by atoms with Crippen LogP contribution >= 0.6 is 0 Å². The summed E-state index contributed by atoms with van der Waals surface area (Å²) in [5.41, 5.74) is 12.5. The van der Waals surface area contributed by atoms with Crippen molar-refractivity contribution < 1.29 is 27.8 Å². The van der Waals surface area contributed by atoms with Crippen molar-refractivity contribution in [2.75, 3.05) is 30.9 Å². The summed E-state index contributed by atoms with van der Waals surface area (Å²) in [5.74, 6) is -0.193. The minimum atomic E-state index is -3.83.